The molecule has 0 saturated carbocycles. The predicted molar refractivity (Wildman–Crippen MR) is 49.2 cm³/mol. The zero-order chi connectivity index (χ0) is 10.8. The summed E-state index contributed by atoms with van der Waals surface area (Å²) in [5.41, 5.74) is 0.454. The van der Waals surface area contributed by atoms with Crippen LogP contribution >= 0.6 is 0 Å². The Morgan fingerprint density at radius 1 is 1.53 bits per heavy atom. The van der Waals surface area contributed by atoms with Crippen LogP contribution in [0.4, 0.5) is 0 Å². The number of aromatic nitrogens is 1. The Morgan fingerprint density at radius 2 is 2.33 bits per heavy atom. The van der Waals surface area contributed by atoms with Crippen molar-refractivity contribution in [2.24, 2.45) is 0 Å². The van der Waals surface area contributed by atoms with E-state index in [1.807, 2.05) is 0 Å². The molecule has 1 aromatic heterocycles. The minimum absolute atomic E-state index is 0.0339. The maximum atomic E-state index is 11.3. The molecule has 0 aliphatic carbocycles. The maximum absolute atomic E-state index is 11.3. The van der Waals surface area contributed by atoms with Gasteiger partial charge in [0.05, 0.1) is 19.2 Å². The van der Waals surface area contributed by atoms with Gasteiger partial charge in [-0.2, -0.15) is 0 Å². The number of pyridine rings is 1. The Hall–Kier alpha value is -1.91. The van der Waals surface area contributed by atoms with Crippen LogP contribution in [0.2, 0.25) is 0 Å². The monoisotopic (exact) mass is 207 g/mol. The number of cyclic esters (lactones) is 2. The number of hydrogen-bond donors (Lipinski definition) is 0. The second-order valence-corrected chi connectivity index (χ2v) is 3.14. The Labute approximate surface area is 86.0 Å². The van der Waals surface area contributed by atoms with E-state index in [-0.39, 0.29) is 6.42 Å². The molecule has 2 heterocycles. The van der Waals surface area contributed by atoms with Crippen molar-refractivity contribution in [2.75, 3.05) is 7.11 Å². The fourth-order valence-electron chi connectivity index (χ4n) is 1.52. The van der Waals surface area contributed by atoms with Crippen LogP contribution in [0.15, 0.2) is 18.3 Å². The third-order valence-electron chi connectivity index (χ3n) is 2.22. The van der Waals surface area contributed by atoms with Crippen LogP contribution in [0.5, 0.6) is 5.75 Å². The van der Waals surface area contributed by atoms with Crippen LogP contribution in [-0.2, 0) is 14.3 Å². The fraction of sp³-hybridized carbons (Fsp3) is 0.300. The van der Waals surface area contributed by atoms with E-state index in [4.69, 9.17) is 4.74 Å². The van der Waals surface area contributed by atoms with E-state index in [1.165, 1.54) is 7.11 Å². The van der Waals surface area contributed by atoms with Gasteiger partial charge < -0.3 is 9.47 Å². The first kappa shape index (κ1) is 9.64. The zero-order valence-corrected chi connectivity index (χ0v) is 8.10. The number of nitrogens with zero attached hydrogens (tertiary/aromatic N) is 1. The Kier molecular flexibility index (Phi) is 2.37. The molecule has 5 heteroatoms. The lowest BCUT2D eigenvalue weighted by Gasteiger charge is -2.08. The van der Waals surface area contributed by atoms with E-state index < -0.39 is 17.9 Å². The summed E-state index contributed by atoms with van der Waals surface area (Å²) in [4.78, 5) is 26.3. The summed E-state index contributed by atoms with van der Waals surface area (Å²) in [6, 6.07) is 3.39. The number of carbonyl (C=O) groups is 2. The molecule has 0 aromatic carbocycles. The lowest BCUT2D eigenvalue weighted by Crippen LogP contribution is -2.09. The summed E-state index contributed by atoms with van der Waals surface area (Å²) >= 11 is 0. The van der Waals surface area contributed by atoms with E-state index in [2.05, 4.69) is 9.72 Å². The van der Waals surface area contributed by atoms with Gasteiger partial charge in [-0.15, -0.1) is 0 Å². The molecule has 15 heavy (non-hydrogen) atoms. The van der Waals surface area contributed by atoms with Gasteiger partial charge in [0, 0.05) is 6.20 Å². The van der Waals surface area contributed by atoms with Gasteiger partial charge in [0.15, 0.2) is 0 Å². The van der Waals surface area contributed by atoms with Gasteiger partial charge in [-0.25, -0.2) is 0 Å². The first-order chi connectivity index (χ1) is 7.22. The third-order valence-corrected chi connectivity index (χ3v) is 2.22. The molecule has 1 unspecified atom stereocenters. The molecule has 0 bridgehead atoms. The van der Waals surface area contributed by atoms with E-state index >= 15 is 0 Å². The second-order valence-electron chi connectivity index (χ2n) is 3.14. The van der Waals surface area contributed by atoms with Crippen molar-refractivity contribution in [1.29, 1.82) is 0 Å². The van der Waals surface area contributed by atoms with Crippen molar-refractivity contribution in [3.8, 4) is 5.75 Å². The van der Waals surface area contributed by atoms with Gasteiger partial charge in [-0.05, 0) is 12.1 Å². The van der Waals surface area contributed by atoms with Crippen LogP contribution in [-0.4, -0.2) is 24.0 Å². The predicted octanol–water partition coefficient (Wildman–Crippen LogP) is 0.647. The van der Waals surface area contributed by atoms with Gasteiger partial charge in [0.2, 0.25) is 0 Å². The highest BCUT2D eigenvalue weighted by molar-refractivity contribution is 5.97. The number of esters is 2. The number of rotatable bonds is 2. The van der Waals surface area contributed by atoms with Crippen LogP contribution in [0, 0.1) is 0 Å². The second kappa shape index (κ2) is 3.68. The van der Waals surface area contributed by atoms with E-state index in [0.717, 1.165) is 0 Å². The number of methoxy groups -OCH3 is 1. The molecule has 0 amide bonds. The molecule has 1 aromatic rings. The fourth-order valence-corrected chi connectivity index (χ4v) is 1.52. The Bertz CT molecular complexity index is 416. The van der Waals surface area contributed by atoms with Crippen LogP contribution in [0.3, 0.4) is 0 Å². The first-order valence-electron chi connectivity index (χ1n) is 4.46. The molecular formula is C10H9NO4. The Morgan fingerprint density at radius 3 is 2.93 bits per heavy atom. The molecule has 0 radical (unpaired) electrons. The summed E-state index contributed by atoms with van der Waals surface area (Å²) in [6.45, 7) is 0. The van der Waals surface area contributed by atoms with E-state index in [0.29, 0.717) is 11.4 Å². The molecule has 2 rings (SSSR count). The van der Waals surface area contributed by atoms with E-state index in [1.54, 1.807) is 18.3 Å². The minimum Gasteiger partial charge on any atom is -0.495 e. The molecule has 1 atom stereocenters. The smallest absolute Gasteiger partial charge is 0.323 e. The number of carbonyl (C=O) groups excluding carboxylic acids is 2. The SMILES string of the molecule is COc1cccnc1C1CC(=O)OC1=O. The van der Waals surface area contributed by atoms with E-state index in [9.17, 15) is 9.59 Å². The summed E-state index contributed by atoms with van der Waals surface area (Å²) < 4.78 is 9.51. The van der Waals surface area contributed by atoms with Gasteiger partial charge in [0.25, 0.3) is 0 Å². The van der Waals surface area contributed by atoms with Crippen LogP contribution in [0.25, 0.3) is 0 Å². The van der Waals surface area contributed by atoms with Crippen molar-refractivity contribution in [3.05, 3.63) is 24.0 Å². The molecule has 1 aliphatic rings. The van der Waals surface area contributed by atoms with Crippen molar-refractivity contribution < 1.29 is 19.1 Å². The van der Waals surface area contributed by atoms with Crippen molar-refractivity contribution in [3.63, 3.8) is 0 Å². The summed E-state index contributed by atoms with van der Waals surface area (Å²) in [5.74, 6) is -1.21. The van der Waals surface area contributed by atoms with Crippen molar-refractivity contribution >= 4 is 11.9 Å². The highest BCUT2D eigenvalue weighted by Gasteiger charge is 2.37. The molecule has 1 fully saturated rings. The van der Waals surface area contributed by atoms with Crippen LogP contribution in [0.1, 0.15) is 18.0 Å². The average Bonchev–Trinajstić information content (AvgIpc) is 2.57. The quantitative estimate of drug-likeness (QED) is 0.526. The summed E-state index contributed by atoms with van der Waals surface area (Å²) in [5, 5.41) is 0. The molecule has 0 N–H and O–H groups in total. The lowest BCUT2D eigenvalue weighted by molar-refractivity contribution is -0.152. The third kappa shape index (κ3) is 1.68. The summed E-state index contributed by atoms with van der Waals surface area (Å²) in [6.07, 6.45) is 1.58. The van der Waals surface area contributed by atoms with Crippen molar-refractivity contribution in [1.82, 2.24) is 4.98 Å². The highest BCUT2D eigenvalue weighted by atomic mass is 16.6. The molecule has 78 valence electrons. The van der Waals surface area contributed by atoms with Gasteiger partial charge in [0.1, 0.15) is 11.7 Å². The number of ether oxygens (including phenoxy) is 2. The van der Waals surface area contributed by atoms with Crippen molar-refractivity contribution in [2.45, 2.75) is 12.3 Å². The molecule has 1 saturated heterocycles. The maximum Gasteiger partial charge on any atom is 0.323 e. The number of hydrogen-bond acceptors (Lipinski definition) is 5. The molecule has 1 aliphatic heterocycles. The zero-order valence-electron chi connectivity index (χ0n) is 8.10. The lowest BCUT2D eigenvalue weighted by atomic mass is 10.0. The average molecular weight is 207 g/mol. The Balaban J connectivity index is 2.37. The van der Waals surface area contributed by atoms with Crippen LogP contribution < -0.4 is 4.74 Å². The normalized spacial score (nSPS) is 20.2. The van der Waals surface area contributed by atoms with Gasteiger partial charge in [-0.3, -0.25) is 14.6 Å². The molecule has 5 nitrogen and oxygen atoms in total. The molecular weight excluding hydrogens is 198 g/mol. The topological polar surface area (TPSA) is 65.5 Å². The summed E-state index contributed by atoms with van der Waals surface area (Å²) in [7, 11) is 1.49. The molecule has 0 spiro atoms. The minimum atomic E-state index is -0.631. The first-order valence-corrected chi connectivity index (χ1v) is 4.46. The van der Waals surface area contributed by atoms with Gasteiger partial charge in [-0.1, -0.05) is 0 Å². The van der Waals surface area contributed by atoms with Gasteiger partial charge >= 0.3 is 11.9 Å². The largest absolute Gasteiger partial charge is 0.495 e. The highest BCUT2D eigenvalue weighted by Crippen LogP contribution is 2.31. The standard InChI is InChI=1S/C10H9NO4/c1-14-7-3-2-4-11-9(7)6-5-8(12)15-10(6)13/h2-4,6H,5H2,1H3.